The van der Waals surface area contributed by atoms with Crippen LogP contribution in [0.4, 0.5) is 0 Å². The van der Waals surface area contributed by atoms with Crippen molar-refractivity contribution in [3.63, 3.8) is 0 Å². The van der Waals surface area contributed by atoms with E-state index in [0.717, 1.165) is 11.3 Å². The summed E-state index contributed by atoms with van der Waals surface area (Å²) in [6, 6.07) is 9.21. The molecule has 4 nitrogen and oxygen atoms in total. The number of carbonyl (C=O) groups is 1. The molecule has 1 aromatic carbocycles. The molecule has 2 rings (SSSR count). The van der Waals surface area contributed by atoms with Crippen molar-refractivity contribution in [1.29, 1.82) is 0 Å². The van der Waals surface area contributed by atoms with E-state index in [2.05, 4.69) is 5.10 Å². The van der Waals surface area contributed by atoms with Gasteiger partial charge in [0.25, 0.3) is 0 Å². The van der Waals surface area contributed by atoms with Crippen LogP contribution in [0, 0.1) is 6.92 Å². The van der Waals surface area contributed by atoms with E-state index in [-0.39, 0.29) is 0 Å². The highest BCUT2D eigenvalue weighted by molar-refractivity contribution is 5.92. The Labute approximate surface area is 93.7 Å². The minimum atomic E-state index is -0.404. The van der Waals surface area contributed by atoms with Gasteiger partial charge in [0.2, 0.25) is 5.91 Å². The predicted molar refractivity (Wildman–Crippen MR) is 61.0 cm³/mol. The standard InChI is InChI=1S/C12H13N3O/c1-9-5-6-15(14-9)8-10-3-2-4-11(7-10)12(13)16/h2-7H,8H2,1H3,(H2,13,16). The zero-order chi connectivity index (χ0) is 11.5. The molecule has 0 atom stereocenters. The lowest BCUT2D eigenvalue weighted by Gasteiger charge is -2.03. The van der Waals surface area contributed by atoms with Crippen LogP contribution < -0.4 is 5.73 Å². The van der Waals surface area contributed by atoms with E-state index >= 15 is 0 Å². The molecule has 0 aliphatic rings. The largest absolute Gasteiger partial charge is 0.366 e. The number of primary amides is 1. The van der Waals surface area contributed by atoms with Crippen molar-refractivity contribution >= 4 is 5.91 Å². The number of amides is 1. The second kappa shape index (κ2) is 4.18. The van der Waals surface area contributed by atoms with Gasteiger partial charge in [-0.05, 0) is 30.7 Å². The van der Waals surface area contributed by atoms with E-state index in [1.807, 2.05) is 36.0 Å². The fraction of sp³-hybridized carbons (Fsp3) is 0.167. The molecule has 4 heteroatoms. The lowest BCUT2D eigenvalue weighted by atomic mass is 10.1. The molecule has 1 aromatic heterocycles. The highest BCUT2D eigenvalue weighted by Gasteiger charge is 2.02. The molecule has 0 radical (unpaired) electrons. The van der Waals surface area contributed by atoms with Crippen molar-refractivity contribution in [1.82, 2.24) is 9.78 Å². The van der Waals surface area contributed by atoms with Gasteiger partial charge in [0.15, 0.2) is 0 Å². The van der Waals surface area contributed by atoms with Gasteiger partial charge in [-0.15, -0.1) is 0 Å². The quantitative estimate of drug-likeness (QED) is 0.839. The Morgan fingerprint density at radius 1 is 1.44 bits per heavy atom. The van der Waals surface area contributed by atoms with Gasteiger partial charge in [-0.1, -0.05) is 12.1 Å². The molecule has 0 aliphatic heterocycles. The van der Waals surface area contributed by atoms with E-state index in [0.29, 0.717) is 12.1 Å². The van der Waals surface area contributed by atoms with E-state index < -0.39 is 5.91 Å². The van der Waals surface area contributed by atoms with E-state index in [1.165, 1.54) is 0 Å². The lowest BCUT2D eigenvalue weighted by Crippen LogP contribution is -2.11. The Balaban J connectivity index is 2.21. The molecule has 2 aromatic rings. The fourth-order valence-electron chi connectivity index (χ4n) is 1.56. The maximum absolute atomic E-state index is 11.0. The van der Waals surface area contributed by atoms with Gasteiger partial charge >= 0.3 is 0 Å². The molecule has 16 heavy (non-hydrogen) atoms. The SMILES string of the molecule is Cc1ccn(Cc2cccc(C(N)=O)c2)n1. The predicted octanol–water partition coefficient (Wildman–Crippen LogP) is 1.34. The maximum atomic E-state index is 11.0. The number of hydrogen-bond donors (Lipinski definition) is 1. The highest BCUT2D eigenvalue weighted by atomic mass is 16.1. The van der Waals surface area contributed by atoms with E-state index in [9.17, 15) is 4.79 Å². The molecule has 1 amide bonds. The molecule has 0 unspecified atom stereocenters. The first-order valence-corrected chi connectivity index (χ1v) is 5.04. The smallest absolute Gasteiger partial charge is 0.248 e. The molecular weight excluding hydrogens is 202 g/mol. The van der Waals surface area contributed by atoms with Gasteiger partial charge in [0.1, 0.15) is 0 Å². The van der Waals surface area contributed by atoms with Gasteiger partial charge in [-0.3, -0.25) is 9.48 Å². The first-order chi connectivity index (χ1) is 7.65. The Morgan fingerprint density at radius 2 is 2.25 bits per heavy atom. The second-order valence-electron chi connectivity index (χ2n) is 3.72. The molecule has 1 heterocycles. The fourth-order valence-corrected chi connectivity index (χ4v) is 1.56. The molecule has 0 spiro atoms. The van der Waals surface area contributed by atoms with Crippen molar-refractivity contribution in [3.05, 3.63) is 53.3 Å². The summed E-state index contributed by atoms with van der Waals surface area (Å²) in [5.74, 6) is -0.404. The first-order valence-electron chi connectivity index (χ1n) is 5.04. The normalized spacial score (nSPS) is 10.3. The van der Waals surface area contributed by atoms with Gasteiger partial charge in [-0.25, -0.2) is 0 Å². The van der Waals surface area contributed by atoms with Crippen molar-refractivity contribution < 1.29 is 4.79 Å². The van der Waals surface area contributed by atoms with Crippen LogP contribution in [0.15, 0.2) is 36.5 Å². The van der Waals surface area contributed by atoms with Crippen molar-refractivity contribution in [2.75, 3.05) is 0 Å². The Hall–Kier alpha value is -2.10. The number of nitrogens with zero attached hydrogens (tertiary/aromatic N) is 2. The molecule has 0 bridgehead atoms. The van der Waals surface area contributed by atoms with Crippen LogP contribution in [0.25, 0.3) is 0 Å². The van der Waals surface area contributed by atoms with Gasteiger partial charge in [0, 0.05) is 11.8 Å². The third kappa shape index (κ3) is 2.28. The topological polar surface area (TPSA) is 60.9 Å². The zero-order valence-corrected chi connectivity index (χ0v) is 9.05. The van der Waals surface area contributed by atoms with Gasteiger partial charge < -0.3 is 5.73 Å². The lowest BCUT2D eigenvalue weighted by molar-refractivity contribution is 0.1000. The average molecular weight is 215 g/mol. The van der Waals surface area contributed by atoms with Crippen molar-refractivity contribution in [3.8, 4) is 0 Å². The molecule has 0 saturated carbocycles. The van der Waals surface area contributed by atoms with Crippen LogP contribution in [0.2, 0.25) is 0 Å². The number of aromatic nitrogens is 2. The van der Waals surface area contributed by atoms with Crippen LogP contribution >= 0.6 is 0 Å². The number of aryl methyl sites for hydroxylation is 1. The number of carbonyl (C=O) groups excluding carboxylic acids is 1. The molecule has 2 N–H and O–H groups in total. The third-order valence-corrected chi connectivity index (χ3v) is 2.33. The molecule has 0 fully saturated rings. The Morgan fingerprint density at radius 3 is 2.88 bits per heavy atom. The number of hydrogen-bond acceptors (Lipinski definition) is 2. The van der Waals surface area contributed by atoms with Crippen molar-refractivity contribution in [2.45, 2.75) is 13.5 Å². The summed E-state index contributed by atoms with van der Waals surface area (Å²) in [6.45, 7) is 2.59. The summed E-state index contributed by atoms with van der Waals surface area (Å²) < 4.78 is 1.83. The Bertz CT molecular complexity index is 516. The first kappa shape index (κ1) is 10.4. The molecule has 82 valence electrons. The van der Waals surface area contributed by atoms with E-state index in [1.54, 1.807) is 12.1 Å². The van der Waals surface area contributed by atoms with Crippen LogP contribution in [0.1, 0.15) is 21.6 Å². The summed E-state index contributed by atoms with van der Waals surface area (Å²) in [4.78, 5) is 11.0. The van der Waals surface area contributed by atoms with Crippen molar-refractivity contribution in [2.24, 2.45) is 5.73 Å². The number of benzene rings is 1. The summed E-state index contributed by atoms with van der Waals surface area (Å²) in [6.07, 6.45) is 1.91. The highest BCUT2D eigenvalue weighted by Crippen LogP contribution is 2.06. The molecule has 0 aliphatic carbocycles. The maximum Gasteiger partial charge on any atom is 0.248 e. The molecular formula is C12H13N3O. The van der Waals surface area contributed by atoms with Crippen LogP contribution in [-0.4, -0.2) is 15.7 Å². The average Bonchev–Trinajstić information content (AvgIpc) is 2.64. The monoisotopic (exact) mass is 215 g/mol. The third-order valence-electron chi connectivity index (χ3n) is 2.33. The Kier molecular flexibility index (Phi) is 2.72. The van der Waals surface area contributed by atoms with Gasteiger partial charge in [-0.2, -0.15) is 5.10 Å². The summed E-state index contributed by atoms with van der Waals surface area (Å²) >= 11 is 0. The summed E-state index contributed by atoms with van der Waals surface area (Å²) in [7, 11) is 0. The number of rotatable bonds is 3. The van der Waals surface area contributed by atoms with Crippen LogP contribution in [-0.2, 0) is 6.54 Å². The molecule has 0 saturated heterocycles. The second-order valence-corrected chi connectivity index (χ2v) is 3.72. The number of nitrogens with two attached hydrogens (primary N) is 1. The zero-order valence-electron chi connectivity index (χ0n) is 9.05. The minimum absolute atomic E-state index is 0.404. The van der Waals surface area contributed by atoms with Crippen LogP contribution in [0.3, 0.4) is 0 Å². The summed E-state index contributed by atoms with van der Waals surface area (Å²) in [5, 5.41) is 4.28. The minimum Gasteiger partial charge on any atom is -0.366 e. The van der Waals surface area contributed by atoms with E-state index in [4.69, 9.17) is 5.73 Å². The van der Waals surface area contributed by atoms with Gasteiger partial charge in [0.05, 0.1) is 12.2 Å². The van der Waals surface area contributed by atoms with Crippen LogP contribution in [0.5, 0.6) is 0 Å². The summed E-state index contributed by atoms with van der Waals surface area (Å²) in [5.41, 5.74) is 7.74.